The summed E-state index contributed by atoms with van der Waals surface area (Å²) in [7, 11) is 0. The number of hydrogen-bond donors (Lipinski definition) is 0. The summed E-state index contributed by atoms with van der Waals surface area (Å²) in [5.74, 6) is 0.594. The highest BCUT2D eigenvalue weighted by Crippen LogP contribution is 2.23. The van der Waals surface area contributed by atoms with E-state index in [-0.39, 0.29) is 0 Å². The minimum Gasteiger partial charge on any atom is -0.363 e. The summed E-state index contributed by atoms with van der Waals surface area (Å²) in [6.45, 7) is 4.11. The van der Waals surface area contributed by atoms with Crippen molar-refractivity contribution in [1.82, 2.24) is 14.7 Å². The van der Waals surface area contributed by atoms with Crippen LogP contribution in [-0.4, -0.2) is 34.1 Å². The number of rotatable bonds is 3. The normalized spacial score (nSPS) is 15.2. The van der Waals surface area contributed by atoms with Gasteiger partial charge in [0.05, 0.1) is 18.2 Å². The van der Waals surface area contributed by atoms with Crippen LogP contribution in [0.4, 0.5) is 5.82 Å². The number of hydrogen-bond acceptors (Lipinski definition) is 3. The van der Waals surface area contributed by atoms with Crippen LogP contribution in [0.2, 0.25) is 0 Å². The molecule has 1 aliphatic heterocycles. The molecule has 0 unspecified atom stereocenters. The molecule has 0 radical (unpaired) electrons. The standard InChI is InChI=1S/C17H19N5/c1-14-5-7-16(8-6-14)22-17(15(11-18)12-20-22)19-13-21-9-3-2-4-10-21/h5-8,12-13H,2-4,9-10H2,1H3/b19-13+. The summed E-state index contributed by atoms with van der Waals surface area (Å²) in [5.41, 5.74) is 2.60. The average Bonchev–Trinajstić information content (AvgIpc) is 2.97. The maximum atomic E-state index is 9.27. The van der Waals surface area contributed by atoms with Crippen LogP contribution in [0.3, 0.4) is 0 Å². The molecular formula is C17H19N5. The Morgan fingerprint density at radius 3 is 2.59 bits per heavy atom. The van der Waals surface area contributed by atoms with Crippen molar-refractivity contribution >= 4 is 12.2 Å². The molecule has 1 aromatic carbocycles. The lowest BCUT2D eigenvalue weighted by Gasteiger charge is -2.23. The second-order valence-corrected chi connectivity index (χ2v) is 5.58. The molecule has 1 fully saturated rings. The molecule has 112 valence electrons. The molecule has 0 N–H and O–H groups in total. The fraction of sp³-hybridized carbons (Fsp3) is 0.353. The lowest BCUT2D eigenvalue weighted by Crippen LogP contribution is -2.28. The van der Waals surface area contributed by atoms with E-state index in [1.165, 1.54) is 24.8 Å². The topological polar surface area (TPSA) is 57.2 Å². The zero-order valence-electron chi connectivity index (χ0n) is 12.7. The number of piperidine rings is 1. The maximum Gasteiger partial charge on any atom is 0.175 e. The average molecular weight is 293 g/mol. The highest BCUT2D eigenvalue weighted by molar-refractivity contribution is 5.64. The van der Waals surface area contributed by atoms with Gasteiger partial charge in [-0.15, -0.1) is 0 Å². The third-order valence-corrected chi connectivity index (χ3v) is 3.88. The predicted octanol–water partition coefficient (Wildman–Crippen LogP) is 3.20. The molecule has 0 amide bonds. The van der Waals surface area contributed by atoms with Crippen LogP contribution in [-0.2, 0) is 0 Å². The van der Waals surface area contributed by atoms with Crippen molar-refractivity contribution < 1.29 is 0 Å². The molecule has 1 aromatic heterocycles. The van der Waals surface area contributed by atoms with Crippen LogP contribution < -0.4 is 0 Å². The summed E-state index contributed by atoms with van der Waals surface area (Å²) < 4.78 is 1.72. The molecule has 0 aliphatic carbocycles. The summed E-state index contributed by atoms with van der Waals surface area (Å²) >= 11 is 0. The van der Waals surface area contributed by atoms with Crippen molar-refractivity contribution in [1.29, 1.82) is 5.26 Å². The zero-order valence-corrected chi connectivity index (χ0v) is 12.7. The van der Waals surface area contributed by atoms with Crippen molar-refractivity contribution in [3.63, 3.8) is 0 Å². The third kappa shape index (κ3) is 3.01. The summed E-state index contributed by atoms with van der Waals surface area (Å²) in [5, 5.41) is 13.6. The van der Waals surface area contributed by atoms with E-state index in [1.54, 1.807) is 10.9 Å². The highest BCUT2D eigenvalue weighted by atomic mass is 15.3. The Morgan fingerprint density at radius 2 is 1.91 bits per heavy atom. The van der Waals surface area contributed by atoms with Gasteiger partial charge in [-0.3, -0.25) is 0 Å². The van der Waals surface area contributed by atoms with Crippen LogP contribution in [0.15, 0.2) is 35.5 Å². The Hall–Kier alpha value is -2.61. The van der Waals surface area contributed by atoms with Crippen molar-refractivity contribution in [2.24, 2.45) is 4.99 Å². The second kappa shape index (κ2) is 6.44. The van der Waals surface area contributed by atoms with E-state index in [0.717, 1.165) is 18.8 Å². The lowest BCUT2D eigenvalue weighted by molar-refractivity contribution is 0.351. The maximum absolute atomic E-state index is 9.27. The largest absolute Gasteiger partial charge is 0.363 e. The van der Waals surface area contributed by atoms with Crippen LogP contribution in [0.5, 0.6) is 0 Å². The number of nitriles is 1. The first kappa shape index (κ1) is 14.3. The second-order valence-electron chi connectivity index (χ2n) is 5.58. The minimum atomic E-state index is 0.494. The van der Waals surface area contributed by atoms with E-state index in [4.69, 9.17) is 0 Å². The highest BCUT2D eigenvalue weighted by Gasteiger charge is 2.12. The first-order valence-corrected chi connectivity index (χ1v) is 7.61. The van der Waals surface area contributed by atoms with Crippen LogP contribution in [0, 0.1) is 18.3 Å². The molecule has 5 heteroatoms. The lowest BCUT2D eigenvalue weighted by atomic mass is 10.1. The van der Waals surface area contributed by atoms with E-state index in [9.17, 15) is 5.26 Å². The Labute approximate surface area is 130 Å². The Bertz CT molecular complexity index is 700. The van der Waals surface area contributed by atoms with Gasteiger partial charge < -0.3 is 4.90 Å². The molecule has 0 spiro atoms. The van der Waals surface area contributed by atoms with Crippen molar-refractivity contribution in [3.8, 4) is 11.8 Å². The minimum absolute atomic E-state index is 0.494. The van der Waals surface area contributed by atoms with Crippen molar-refractivity contribution in [3.05, 3.63) is 41.6 Å². The number of nitrogens with zero attached hydrogens (tertiary/aromatic N) is 5. The van der Waals surface area contributed by atoms with Crippen LogP contribution >= 0.6 is 0 Å². The van der Waals surface area contributed by atoms with Gasteiger partial charge in [-0.05, 0) is 38.3 Å². The molecule has 0 bridgehead atoms. The molecule has 5 nitrogen and oxygen atoms in total. The number of aliphatic imine (C=N–C) groups is 1. The van der Waals surface area contributed by atoms with Crippen LogP contribution in [0.1, 0.15) is 30.4 Å². The smallest absolute Gasteiger partial charge is 0.175 e. The molecular weight excluding hydrogens is 274 g/mol. The fourth-order valence-corrected chi connectivity index (χ4v) is 2.59. The SMILES string of the molecule is Cc1ccc(-n2ncc(C#N)c2/N=C/N2CCCCC2)cc1. The van der Waals surface area contributed by atoms with E-state index >= 15 is 0 Å². The Kier molecular flexibility index (Phi) is 4.19. The van der Waals surface area contributed by atoms with Crippen molar-refractivity contribution in [2.45, 2.75) is 26.2 Å². The van der Waals surface area contributed by atoms with Gasteiger partial charge in [0.1, 0.15) is 11.6 Å². The van der Waals surface area contributed by atoms with E-state index in [0.29, 0.717) is 11.4 Å². The molecule has 2 aromatic rings. The molecule has 0 atom stereocenters. The van der Waals surface area contributed by atoms with E-state index < -0.39 is 0 Å². The van der Waals surface area contributed by atoms with Gasteiger partial charge in [0.15, 0.2) is 5.82 Å². The van der Waals surface area contributed by atoms with E-state index in [2.05, 4.69) is 21.1 Å². The first-order chi connectivity index (χ1) is 10.8. The number of benzene rings is 1. The van der Waals surface area contributed by atoms with Gasteiger partial charge >= 0.3 is 0 Å². The number of aromatic nitrogens is 2. The van der Waals surface area contributed by atoms with Gasteiger partial charge in [0.25, 0.3) is 0 Å². The molecule has 2 heterocycles. The molecule has 0 saturated carbocycles. The van der Waals surface area contributed by atoms with Crippen molar-refractivity contribution in [2.75, 3.05) is 13.1 Å². The van der Waals surface area contributed by atoms with Gasteiger partial charge in [-0.25, -0.2) is 9.67 Å². The number of aryl methyl sites for hydroxylation is 1. The van der Waals surface area contributed by atoms with Gasteiger partial charge in [0, 0.05) is 13.1 Å². The van der Waals surface area contributed by atoms with Gasteiger partial charge in [0.2, 0.25) is 0 Å². The monoisotopic (exact) mass is 293 g/mol. The Morgan fingerprint density at radius 1 is 1.18 bits per heavy atom. The molecule has 22 heavy (non-hydrogen) atoms. The summed E-state index contributed by atoms with van der Waals surface area (Å²) in [4.78, 5) is 6.74. The van der Waals surface area contributed by atoms with Crippen LogP contribution in [0.25, 0.3) is 5.69 Å². The van der Waals surface area contributed by atoms with Gasteiger partial charge in [-0.2, -0.15) is 10.4 Å². The quantitative estimate of drug-likeness (QED) is 0.645. The summed E-state index contributed by atoms with van der Waals surface area (Å²) in [6, 6.07) is 10.2. The van der Waals surface area contributed by atoms with Gasteiger partial charge in [-0.1, -0.05) is 17.7 Å². The fourth-order valence-electron chi connectivity index (χ4n) is 2.59. The third-order valence-electron chi connectivity index (χ3n) is 3.88. The molecule has 1 aliphatic rings. The predicted molar refractivity (Wildman–Crippen MR) is 86.6 cm³/mol. The van der Waals surface area contributed by atoms with E-state index in [1.807, 2.05) is 37.5 Å². The number of likely N-dealkylation sites (tertiary alicyclic amines) is 1. The molecule has 1 saturated heterocycles. The Balaban J connectivity index is 1.92. The summed E-state index contributed by atoms with van der Waals surface area (Å²) in [6.07, 6.45) is 7.11. The first-order valence-electron chi connectivity index (χ1n) is 7.61. The zero-order chi connectivity index (χ0) is 15.4. The molecule has 3 rings (SSSR count).